The Hall–Kier alpha value is 0.617. The number of hydrogen-bond acceptors (Lipinski definition) is 2. The predicted molar refractivity (Wildman–Crippen MR) is 81.3 cm³/mol. The number of rotatable bonds is 12. The van der Waals surface area contributed by atoms with Crippen molar-refractivity contribution in [3.8, 4) is 0 Å². The van der Waals surface area contributed by atoms with Gasteiger partial charge in [0.2, 0.25) is 0 Å². The van der Waals surface area contributed by atoms with Crippen LogP contribution < -0.4 is 0 Å². The number of unbranched alkanes of at least 4 members (excludes halogenated alkanes) is 2. The van der Waals surface area contributed by atoms with E-state index >= 15 is 0 Å². The van der Waals surface area contributed by atoms with Gasteiger partial charge in [0, 0.05) is 18.5 Å². The summed E-state index contributed by atoms with van der Waals surface area (Å²) in [4.78, 5) is 0. The molecule has 0 aliphatic carbocycles. The summed E-state index contributed by atoms with van der Waals surface area (Å²) in [6.45, 7) is 8.46. The molecule has 0 fully saturated rings. The van der Waals surface area contributed by atoms with Gasteiger partial charge in [0.1, 0.15) is 0 Å². The van der Waals surface area contributed by atoms with Gasteiger partial charge < -0.3 is 8.85 Å². The average Bonchev–Trinajstić information content (AvgIpc) is 2.34. The first-order valence-electron chi connectivity index (χ1n) is 7.05. The zero-order valence-corrected chi connectivity index (χ0v) is 14.5. The third-order valence-electron chi connectivity index (χ3n) is 2.82. The molecule has 0 aliphatic heterocycles. The molecule has 0 amide bonds. The lowest BCUT2D eigenvalue weighted by Gasteiger charge is -2.22. The lowest BCUT2D eigenvalue weighted by atomic mass is 10.3. The van der Waals surface area contributed by atoms with E-state index in [1.165, 1.54) is 25.7 Å². The third-order valence-corrected chi connectivity index (χ3v) is 5.77. The molecule has 17 heavy (non-hydrogen) atoms. The second kappa shape index (κ2) is 13.1. The van der Waals surface area contributed by atoms with Crippen molar-refractivity contribution in [2.24, 2.45) is 0 Å². The number of halogens is 1. The van der Waals surface area contributed by atoms with Crippen molar-refractivity contribution < 1.29 is 8.85 Å². The van der Waals surface area contributed by atoms with Crippen LogP contribution in [0.1, 0.15) is 59.3 Å². The van der Waals surface area contributed by atoms with Crippen LogP contribution >= 0.6 is 15.9 Å². The molecule has 0 spiro atoms. The fourth-order valence-electron chi connectivity index (χ4n) is 1.60. The van der Waals surface area contributed by atoms with Crippen LogP contribution in [-0.4, -0.2) is 27.8 Å². The summed E-state index contributed by atoms with van der Waals surface area (Å²) in [5, 5.41) is 1.09. The van der Waals surface area contributed by atoms with Gasteiger partial charge in [0.05, 0.1) is 0 Å². The zero-order chi connectivity index (χ0) is 12.9. The van der Waals surface area contributed by atoms with E-state index in [4.69, 9.17) is 8.85 Å². The van der Waals surface area contributed by atoms with Crippen molar-refractivity contribution in [1.82, 2.24) is 0 Å². The monoisotopic (exact) mass is 324 g/mol. The van der Waals surface area contributed by atoms with Gasteiger partial charge in [-0.3, -0.25) is 0 Å². The molecule has 104 valence electrons. The van der Waals surface area contributed by atoms with Gasteiger partial charge in [0.25, 0.3) is 0 Å². The van der Waals surface area contributed by atoms with Crippen LogP contribution in [0.15, 0.2) is 0 Å². The summed E-state index contributed by atoms with van der Waals surface area (Å²) in [5.41, 5.74) is 0.626. The van der Waals surface area contributed by atoms with Gasteiger partial charge >= 0.3 is 9.28 Å². The second-order valence-corrected chi connectivity index (χ2v) is 7.96. The van der Waals surface area contributed by atoms with E-state index in [1.54, 1.807) is 0 Å². The third kappa shape index (κ3) is 10.2. The summed E-state index contributed by atoms with van der Waals surface area (Å²) in [7, 11) is -1.44. The summed E-state index contributed by atoms with van der Waals surface area (Å²) in [6.07, 6.45) is 7.16. The highest BCUT2D eigenvalue weighted by molar-refractivity contribution is 9.09. The Balaban J connectivity index is 3.89. The molecule has 4 heteroatoms. The molecule has 1 atom stereocenters. The lowest BCUT2D eigenvalue weighted by Crippen LogP contribution is -2.29. The van der Waals surface area contributed by atoms with E-state index in [1.807, 2.05) is 0 Å². The topological polar surface area (TPSA) is 18.5 Å². The smallest absolute Gasteiger partial charge is 0.324 e. The molecule has 2 nitrogen and oxygen atoms in total. The van der Waals surface area contributed by atoms with Crippen molar-refractivity contribution in [3.63, 3.8) is 0 Å². The normalized spacial score (nSPS) is 13.2. The number of alkyl halides is 1. The molecule has 0 rings (SSSR count). The maximum atomic E-state index is 5.99. The van der Waals surface area contributed by atoms with Crippen LogP contribution in [0.25, 0.3) is 0 Å². The summed E-state index contributed by atoms with van der Waals surface area (Å²) in [5.74, 6) is 0. The Bertz CT molecular complexity index is 148. The van der Waals surface area contributed by atoms with E-state index in [0.29, 0.717) is 5.54 Å². The Kier molecular flexibility index (Phi) is 13.5. The molecule has 0 aromatic rings. The van der Waals surface area contributed by atoms with Gasteiger partial charge in [0.15, 0.2) is 0 Å². The molecule has 0 radical (unpaired) electrons. The summed E-state index contributed by atoms with van der Waals surface area (Å²) >= 11 is 3.49. The molecular formula is C13H29BrO2Si. The van der Waals surface area contributed by atoms with E-state index in [2.05, 4.69) is 36.7 Å². The van der Waals surface area contributed by atoms with Gasteiger partial charge in [-0.05, 0) is 31.2 Å². The lowest BCUT2D eigenvalue weighted by molar-refractivity contribution is 0.183. The maximum absolute atomic E-state index is 5.99. The van der Waals surface area contributed by atoms with Crippen molar-refractivity contribution in [2.45, 2.75) is 64.8 Å². The molecule has 0 heterocycles. The largest absolute Gasteiger partial charge is 0.396 e. The first kappa shape index (κ1) is 17.6. The highest BCUT2D eigenvalue weighted by atomic mass is 79.9. The first-order valence-corrected chi connectivity index (χ1v) is 9.78. The molecule has 1 unspecified atom stereocenters. The molecular weight excluding hydrogens is 296 g/mol. The van der Waals surface area contributed by atoms with Gasteiger partial charge in [-0.2, -0.15) is 0 Å². The van der Waals surface area contributed by atoms with Crippen LogP contribution in [-0.2, 0) is 8.85 Å². The van der Waals surface area contributed by atoms with Crippen molar-refractivity contribution in [3.05, 3.63) is 0 Å². The minimum atomic E-state index is -1.44. The van der Waals surface area contributed by atoms with Gasteiger partial charge in [-0.1, -0.05) is 49.5 Å². The van der Waals surface area contributed by atoms with Gasteiger partial charge in [-0.25, -0.2) is 0 Å². The highest BCUT2D eigenvalue weighted by Gasteiger charge is 2.21. The highest BCUT2D eigenvalue weighted by Crippen LogP contribution is 2.19. The van der Waals surface area contributed by atoms with E-state index < -0.39 is 9.28 Å². The standard InChI is InChI=1S/C13H29BrO2Si/c1-4-6-11-15-17(16-12-7-5-2)13(3)9-8-10-14/h13,17H,4-12H2,1-3H3. The molecule has 0 aromatic heterocycles. The molecule has 0 saturated carbocycles. The van der Waals surface area contributed by atoms with Crippen molar-refractivity contribution in [1.29, 1.82) is 0 Å². The fraction of sp³-hybridized carbons (Fsp3) is 1.00. The minimum Gasteiger partial charge on any atom is -0.396 e. The Morgan fingerprint density at radius 2 is 1.53 bits per heavy atom. The fourth-order valence-corrected chi connectivity index (χ4v) is 3.98. The number of hydrogen-bond donors (Lipinski definition) is 0. The molecule has 0 saturated heterocycles. The molecule has 0 aromatic carbocycles. The zero-order valence-electron chi connectivity index (χ0n) is 11.7. The van der Waals surface area contributed by atoms with Crippen LogP contribution in [0.4, 0.5) is 0 Å². The van der Waals surface area contributed by atoms with Crippen LogP contribution in [0, 0.1) is 0 Å². The van der Waals surface area contributed by atoms with Crippen LogP contribution in [0.5, 0.6) is 0 Å². The first-order chi connectivity index (χ1) is 8.26. The Labute approximate surface area is 117 Å². The van der Waals surface area contributed by atoms with Crippen molar-refractivity contribution in [2.75, 3.05) is 18.5 Å². The van der Waals surface area contributed by atoms with Crippen LogP contribution in [0.2, 0.25) is 5.54 Å². The molecule has 0 aliphatic rings. The maximum Gasteiger partial charge on any atom is 0.324 e. The second-order valence-electron chi connectivity index (χ2n) is 4.63. The summed E-state index contributed by atoms with van der Waals surface area (Å²) < 4.78 is 12.0. The predicted octanol–water partition coefficient (Wildman–Crippen LogP) is 4.41. The van der Waals surface area contributed by atoms with E-state index in [0.717, 1.165) is 31.4 Å². The van der Waals surface area contributed by atoms with E-state index in [9.17, 15) is 0 Å². The molecule has 0 bridgehead atoms. The molecule has 0 N–H and O–H groups in total. The van der Waals surface area contributed by atoms with E-state index in [-0.39, 0.29) is 0 Å². The minimum absolute atomic E-state index is 0.626. The van der Waals surface area contributed by atoms with Crippen molar-refractivity contribution >= 4 is 25.2 Å². The Morgan fingerprint density at radius 3 is 1.94 bits per heavy atom. The van der Waals surface area contributed by atoms with Crippen LogP contribution in [0.3, 0.4) is 0 Å². The Morgan fingerprint density at radius 1 is 1.00 bits per heavy atom. The van der Waals surface area contributed by atoms with Gasteiger partial charge in [-0.15, -0.1) is 0 Å². The average molecular weight is 325 g/mol. The summed E-state index contributed by atoms with van der Waals surface area (Å²) in [6, 6.07) is 0. The SMILES string of the molecule is CCCCO[SiH](OCCCC)C(C)CCCBr. The quantitative estimate of drug-likeness (QED) is 0.301.